The van der Waals surface area contributed by atoms with E-state index in [1.54, 1.807) is 43.3 Å². The number of hydrogen-bond acceptors (Lipinski definition) is 5. The second-order valence-electron chi connectivity index (χ2n) is 8.03. The number of hydrogen-bond donors (Lipinski definition) is 0. The fraction of sp³-hybridized carbons (Fsp3) is 0.333. The summed E-state index contributed by atoms with van der Waals surface area (Å²) in [6, 6.07) is 11.8. The van der Waals surface area contributed by atoms with E-state index < -0.39 is 21.9 Å². The van der Waals surface area contributed by atoms with E-state index in [2.05, 4.69) is 0 Å². The van der Waals surface area contributed by atoms with Gasteiger partial charge in [0, 0.05) is 30.2 Å². The van der Waals surface area contributed by atoms with Crippen LogP contribution in [0.2, 0.25) is 0 Å². The third-order valence-corrected chi connectivity index (χ3v) is 7.99. The zero-order valence-corrected chi connectivity index (χ0v) is 19.0. The Morgan fingerprint density at radius 2 is 1.66 bits per heavy atom. The van der Waals surface area contributed by atoms with E-state index in [9.17, 15) is 18.0 Å². The van der Waals surface area contributed by atoms with Crippen LogP contribution < -0.4 is 0 Å². The van der Waals surface area contributed by atoms with Crippen molar-refractivity contribution >= 4 is 32.8 Å². The van der Waals surface area contributed by atoms with Crippen molar-refractivity contribution in [2.45, 2.75) is 37.5 Å². The Labute approximate surface area is 187 Å². The molecule has 0 bridgehead atoms. The highest BCUT2D eigenvalue weighted by atomic mass is 32.2. The molecule has 0 N–H and O–H groups in total. The Morgan fingerprint density at radius 3 is 2.34 bits per heavy atom. The molecule has 1 saturated heterocycles. The number of rotatable bonds is 4. The molecule has 0 saturated carbocycles. The first-order valence-electron chi connectivity index (χ1n) is 10.7. The molecule has 0 spiro atoms. The van der Waals surface area contributed by atoms with Gasteiger partial charge in [-0.15, -0.1) is 0 Å². The summed E-state index contributed by atoms with van der Waals surface area (Å²) in [5, 5.41) is 0.595. The molecule has 0 amide bonds. The number of nitrogens with zero attached hydrogens (tertiary/aromatic N) is 2. The number of carbonyl (C=O) groups excluding carboxylic acids is 2. The SMILES string of the molecule is COC(=O)c1cn(C(=O)c2ccc(C)c(S(=O)(=O)N3CCCCCC3)c2)c2ccccc12. The smallest absolute Gasteiger partial charge is 0.340 e. The van der Waals surface area contributed by atoms with Gasteiger partial charge in [0.15, 0.2) is 0 Å². The van der Waals surface area contributed by atoms with Crippen molar-refractivity contribution in [2.24, 2.45) is 0 Å². The molecule has 1 aliphatic rings. The van der Waals surface area contributed by atoms with Gasteiger partial charge in [0.1, 0.15) is 0 Å². The van der Waals surface area contributed by atoms with E-state index in [4.69, 9.17) is 4.74 Å². The Kier molecular flexibility index (Phi) is 6.17. The normalized spacial score (nSPS) is 15.4. The molecule has 1 aliphatic heterocycles. The summed E-state index contributed by atoms with van der Waals surface area (Å²) in [6.45, 7) is 2.72. The Balaban J connectivity index is 1.78. The van der Waals surface area contributed by atoms with E-state index in [-0.39, 0.29) is 16.0 Å². The van der Waals surface area contributed by atoms with Gasteiger partial charge in [0.25, 0.3) is 5.91 Å². The molecule has 168 valence electrons. The lowest BCUT2D eigenvalue weighted by atomic mass is 10.1. The number of methoxy groups -OCH3 is 1. The monoisotopic (exact) mass is 454 g/mol. The number of aryl methyl sites for hydroxylation is 1. The molecule has 1 fully saturated rings. The Hall–Kier alpha value is -2.97. The van der Waals surface area contributed by atoms with Crippen LogP contribution >= 0.6 is 0 Å². The number of fused-ring (bicyclic) bond motifs is 1. The van der Waals surface area contributed by atoms with Crippen molar-refractivity contribution in [3.05, 3.63) is 65.4 Å². The molecule has 32 heavy (non-hydrogen) atoms. The predicted molar refractivity (Wildman–Crippen MR) is 121 cm³/mol. The summed E-state index contributed by atoms with van der Waals surface area (Å²) in [5.41, 5.74) is 1.66. The van der Waals surface area contributed by atoms with Crippen LogP contribution in [0.3, 0.4) is 0 Å². The first-order valence-corrected chi connectivity index (χ1v) is 12.1. The molecule has 3 aromatic rings. The molecule has 1 aromatic heterocycles. The molecule has 4 rings (SSSR count). The van der Waals surface area contributed by atoms with Gasteiger partial charge in [-0.3, -0.25) is 9.36 Å². The first kappa shape index (κ1) is 22.2. The lowest BCUT2D eigenvalue weighted by Gasteiger charge is -2.21. The number of carbonyl (C=O) groups is 2. The zero-order chi connectivity index (χ0) is 22.9. The van der Waals surface area contributed by atoms with Gasteiger partial charge < -0.3 is 4.74 Å². The van der Waals surface area contributed by atoms with Gasteiger partial charge in [-0.2, -0.15) is 4.31 Å². The summed E-state index contributed by atoms with van der Waals surface area (Å²) in [6.07, 6.45) is 5.16. The van der Waals surface area contributed by atoms with Crippen LogP contribution in [0.5, 0.6) is 0 Å². The molecule has 0 atom stereocenters. The Bertz CT molecular complexity index is 1280. The lowest BCUT2D eigenvalue weighted by Crippen LogP contribution is -2.32. The highest BCUT2D eigenvalue weighted by molar-refractivity contribution is 7.89. The quantitative estimate of drug-likeness (QED) is 0.557. The van der Waals surface area contributed by atoms with Crippen molar-refractivity contribution in [2.75, 3.05) is 20.2 Å². The van der Waals surface area contributed by atoms with Crippen LogP contribution in [0.25, 0.3) is 10.9 Å². The number of sulfonamides is 1. The number of para-hydroxylation sites is 1. The molecule has 7 nitrogen and oxygen atoms in total. The highest BCUT2D eigenvalue weighted by Crippen LogP contribution is 2.27. The van der Waals surface area contributed by atoms with E-state index in [0.29, 0.717) is 29.6 Å². The van der Waals surface area contributed by atoms with Crippen molar-refractivity contribution in [3.8, 4) is 0 Å². The van der Waals surface area contributed by atoms with Crippen LogP contribution in [0, 0.1) is 6.92 Å². The molecule has 2 heterocycles. The first-order chi connectivity index (χ1) is 15.3. The molecule has 0 radical (unpaired) electrons. The Morgan fingerprint density at radius 1 is 0.969 bits per heavy atom. The highest BCUT2D eigenvalue weighted by Gasteiger charge is 2.28. The van der Waals surface area contributed by atoms with Crippen molar-refractivity contribution in [1.82, 2.24) is 8.87 Å². The zero-order valence-electron chi connectivity index (χ0n) is 18.2. The number of aromatic nitrogens is 1. The summed E-state index contributed by atoms with van der Waals surface area (Å²) >= 11 is 0. The molecule has 0 aliphatic carbocycles. The molecule has 8 heteroatoms. The van der Waals surface area contributed by atoms with E-state index >= 15 is 0 Å². The van der Waals surface area contributed by atoms with Gasteiger partial charge in [0.2, 0.25) is 10.0 Å². The van der Waals surface area contributed by atoms with E-state index in [1.165, 1.54) is 28.2 Å². The fourth-order valence-electron chi connectivity index (χ4n) is 4.19. The summed E-state index contributed by atoms with van der Waals surface area (Å²) in [4.78, 5) is 25.8. The van der Waals surface area contributed by atoms with Crippen LogP contribution in [-0.2, 0) is 14.8 Å². The predicted octanol–water partition coefficient (Wildman–Crippen LogP) is 3.99. The number of esters is 1. The number of ether oxygens (including phenoxy) is 1. The molecular weight excluding hydrogens is 428 g/mol. The largest absolute Gasteiger partial charge is 0.465 e. The minimum absolute atomic E-state index is 0.148. The second-order valence-corrected chi connectivity index (χ2v) is 9.93. The van der Waals surface area contributed by atoms with E-state index in [0.717, 1.165) is 25.7 Å². The van der Waals surface area contributed by atoms with Crippen LogP contribution in [0.1, 0.15) is 52.0 Å². The molecule has 2 aromatic carbocycles. The van der Waals surface area contributed by atoms with Crippen molar-refractivity contribution in [1.29, 1.82) is 0 Å². The van der Waals surface area contributed by atoms with Crippen molar-refractivity contribution in [3.63, 3.8) is 0 Å². The second kappa shape index (κ2) is 8.88. The average Bonchev–Trinajstić information content (AvgIpc) is 2.96. The average molecular weight is 455 g/mol. The fourth-order valence-corrected chi connectivity index (χ4v) is 5.96. The lowest BCUT2D eigenvalue weighted by molar-refractivity contribution is 0.0603. The van der Waals surface area contributed by atoms with Crippen LogP contribution in [0.4, 0.5) is 0 Å². The summed E-state index contributed by atoms with van der Waals surface area (Å²) in [5.74, 6) is -0.954. The van der Waals surface area contributed by atoms with Gasteiger partial charge in [-0.1, -0.05) is 37.1 Å². The maximum Gasteiger partial charge on any atom is 0.340 e. The van der Waals surface area contributed by atoms with E-state index in [1.807, 2.05) is 0 Å². The summed E-state index contributed by atoms with van der Waals surface area (Å²) < 4.78 is 34.5. The maximum atomic E-state index is 13.4. The van der Waals surface area contributed by atoms with Crippen LogP contribution in [0.15, 0.2) is 53.6 Å². The van der Waals surface area contributed by atoms with Gasteiger partial charge in [-0.05, 0) is 43.5 Å². The number of benzene rings is 2. The minimum Gasteiger partial charge on any atom is -0.465 e. The third-order valence-electron chi connectivity index (χ3n) is 5.95. The van der Waals surface area contributed by atoms with Gasteiger partial charge >= 0.3 is 5.97 Å². The standard InChI is InChI=1S/C24H26N2O5S/c1-17-11-12-18(15-22(17)32(29,30)25-13-7-3-4-8-14-25)23(27)26-16-20(24(28)31-2)19-9-5-6-10-21(19)26/h5-6,9-12,15-16H,3-4,7-8,13-14H2,1-2H3. The maximum absolute atomic E-state index is 13.4. The van der Waals surface area contributed by atoms with Crippen molar-refractivity contribution < 1.29 is 22.7 Å². The minimum atomic E-state index is -3.71. The third kappa shape index (κ3) is 3.96. The van der Waals surface area contributed by atoms with Gasteiger partial charge in [0.05, 0.1) is 23.1 Å². The van der Waals surface area contributed by atoms with Crippen LogP contribution in [-0.4, -0.2) is 49.4 Å². The molecule has 0 unspecified atom stereocenters. The molecular formula is C24H26N2O5S. The topological polar surface area (TPSA) is 85.7 Å². The van der Waals surface area contributed by atoms with Gasteiger partial charge in [-0.25, -0.2) is 13.2 Å². The summed E-state index contributed by atoms with van der Waals surface area (Å²) in [7, 11) is -2.42.